The van der Waals surface area contributed by atoms with Gasteiger partial charge in [-0.2, -0.15) is 39.5 Å². The highest BCUT2D eigenvalue weighted by Crippen LogP contribution is 2.29. The molecule has 2 unspecified atom stereocenters. The summed E-state index contributed by atoms with van der Waals surface area (Å²) in [4.78, 5) is 37.5. The van der Waals surface area contributed by atoms with Gasteiger partial charge in [-0.3, -0.25) is 14.4 Å². The van der Waals surface area contributed by atoms with Crippen LogP contribution in [-0.4, -0.2) is 56.3 Å². The molecule has 0 spiro atoms. The van der Waals surface area contributed by atoms with Crippen LogP contribution in [0.15, 0.2) is 0 Å². The van der Waals surface area contributed by atoms with E-state index in [1.165, 1.54) is 0 Å². The molecule has 0 bridgehead atoms. The van der Waals surface area contributed by atoms with Gasteiger partial charge in [-0.05, 0) is 44.9 Å². The van der Waals surface area contributed by atoms with E-state index in [-0.39, 0.29) is 25.7 Å². The molecule has 6 nitrogen and oxygen atoms in total. The second kappa shape index (κ2) is 17.5. The SMILES string of the molecule is CCC(CC(CC(CC)C(=O)OCCCC(F)(F)F)C(=O)OCCCC(F)(F)F)C(=O)OCCCC(F)(F)F. The molecule has 0 aliphatic rings. The third-order valence-corrected chi connectivity index (χ3v) is 5.67. The Kier molecular flexibility index (Phi) is 16.5. The first-order valence-electron chi connectivity index (χ1n) is 12.6. The Bertz CT molecular complexity index is 691. The number of halogens is 9. The second-order valence-electron chi connectivity index (χ2n) is 9.04. The predicted octanol–water partition coefficient (Wildman–Crippen LogP) is 7.09. The van der Waals surface area contributed by atoms with Gasteiger partial charge in [-0.15, -0.1) is 0 Å². The highest BCUT2D eigenvalue weighted by atomic mass is 19.4. The van der Waals surface area contributed by atoms with E-state index < -0.39 is 113 Å². The molecule has 0 aromatic carbocycles. The van der Waals surface area contributed by atoms with Crippen molar-refractivity contribution < 1.29 is 68.1 Å². The number of alkyl halides is 9. The molecule has 15 heteroatoms. The monoisotopic (exact) mass is 590 g/mol. The Balaban J connectivity index is 5.30. The van der Waals surface area contributed by atoms with Gasteiger partial charge in [0.15, 0.2) is 0 Å². The standard InChI is InChI=1S/C24H35F9O6/c1-3-16(19(34)37-11-5-8-22(25,26)27)14-18(21(36)39-13-7-10-24(31,32)33)15-17(4-2)20(35)38-12-6-9-23(28,29)30/h16-18H,3-15H2,1-2H3. The average Bonchev–Trinajstić information content (AvgIpc) is 2.80. The molecule has 0 fully saturated rings. The van der Waals surface area contributed by atoms with E-state index in [1.807, 2.05) is 0 Å². The van der Waals surface area contributed by atoms with Gasteiger partial charge in [0.05, 0.1) is 37.6 Å². The number of hydrogen-bond donors (Lipinski definition) is 0. The summed E-state index contributed by atoms with van der Waals surface area (Å²) in [5.41, 5.74) is 0. The van der Waals surface area contributed by atoms with E-state index >= 15 is 0 Å². The molecule has 0 N–H and O–H groups in total. The van der Waals surface area contributed by atoms with E-state index in [1.54, 1.807) is 13.8 Å². The van der Waals surface area contributed by atoms with E-state index in [9.17, 15) is 53.9 Å². The zero-order valence-electron chi connectivity index (χ0n) is 21.8. The molecule has 0 saturated carbocycles. The van der Waals surface area contributed by atoms with Crippen molar-refractivity contribution in [3.63, 3.8) is 0 Å². The topological polar surface area (TPSA) is 78.9 Å². The minimum atomic E-state index is -4.47. The first kappa shape index (κ1) is 36.8. The Morgan fingerprint density at radius 2 is 0.769 bits per heavy atom. The lowest BCUT2D eigenvalue weighted by Gasteiger charge is -2.24. The summed E-state index contributed by atoms with van der Waals surface area (Å²) in [6.07, 6.45) is -18.8. The van der Waals surface area contributed by atoms with Crippen molar-refractivity contribution in [2.24, 2.45) is 17.8 Å². The van der Waals surface area contributed by atoms with Crippen LogP contribution < -0.4 is 0 Å². The molecule has 0 aromatic heterocycles. The lowest BCUT2D eigenvalue weighted by Crippen LogP contribution is -2.30. The smallest absolute Gasteiger partial charge is 0.389 e. The van der Waals surface area contributed by atoms with Gasteiger partial charge >= 0.3 is 36.4 Å². The normalized spacial score (nSPS) is 14.8. The van der Waals surface area contributed by atoms with Crippen molar-refractivity contribution in [2.45, 2.75) is 96.6 Å². The quantitative estimate of drug-likeness (QED) is 0.0734. The maximum absolute atomic E-state index is 12.7. The van der Waals surface area contributed by atoms with Crippen molar-refractivity contribution in [3.05, 3.63) is 0 Å². The molecule has 230 valence electrons. The van der Waals surface area contributed by atoms with Gasteiger partial charge in [0.2, 0.25) is 0 Å². The Morgan fingerprint density at radius 3 is 1.00 bits per heavy atom. The van der Waals surface area contributed by atoms with E-state index in [0.717, 1.165) is 0 Å². The largest absolute Gasteiger partial charge is 0.465 e. The van der Waals surface area contributed by atoms with Crippen LogP contribution in [0, 0.1) is 17.8 Å². The molecule has 0 aromatic rings. The molecule has 0 aliphatic heterocycles. The van der Waals surface area contributed by atoms with Crippen LogP contribution >= 0.6 is 0 Å². The molecule has 0 amide bonds. The van der Waals surface area contributed by atoms with Crippen molar-refractivity contribution in [1.82, 2.24) is 0 Å². The lowest BCUT2D eigenvalue weighted by atomic mass is 9.85. The number of rotatable bonds is 18. The molecule has 0 aliphatic carbocycles. The zero-order valence-corrected chi connectivity index (χ0v) is 21.8. The van der Waals surface area contributed by atoms with Gasteiger partial charge in [0.1, 0.15) is 0 Å². The Labute approximate surface area is 220 Å². The number of esters is 3. The van der Waals surface area contributed by atoms with Crippen LogP contribution in [0.25, 0.3) is 0 Å². The summed E-state index contributed by atoms with van der Waals surface area (Å²) in [5, 5.41) is 0. The minimum Gasteiger partial charge on any atom is -0.465 e. The molecule has 0 rings (SSSR count). The maximum Gasteiger partial charge on any atom is 0.389 e. The van der Waals surface area contributed by atoms with Crippen LogP contribution in [0.2, 0.25) is 0 Å². The first-order chi connectivity index (χ1) is 17.9. The summed E-state index contributed by atoms with van der Waals surface area (Å²) in [7, 11) is 0. The summed E-state index contributed by atoms with van der Waals surface area (Å²) < 4.78 is 126. The summed E-state index contributed by atoms with van der Waals surface area (Å²) in [6.45, 7) is 1.44. The molecular weight excluding hydrogens is 555 g/mol. The van der Waals surface area contributed by atoms with Crippen LogP contribution in [0.3, 0.4) is 0 Å². The number of hydrogen-bond acceptors (Lipinski definition) is 6. The van der Waals surface area contributed by atoms with Crippen molar-refractivity contribution in [2.75, 3.05) is 19.8 Å². The number of carbonyl (C=O) groups is 3. The number of carbonyl (C=O) groups excluding carboxylic acids is 3. The third kappa shape index (κ3) is 19.5. The van der Waals surface area contributed by atoms with Crippen LogP contribution in [0.5, 0.6) is 0 Å². The predicted molar refractivity (Wildman–Crippen MR) is 119 cm³/mol. The highest BCUT2D eigenvalue weighted by molar-refractivity contribution is 5.77. The van der Waals surface area contributed by atoms with E-state index in [4.69, 9.17) is 14.2 Å². The van der Waals surface area contributed by atoms with Gasteiger partial charge in [0, 0.05) is 19.3 Å². The van der Waals surface area contributed by atoms with Gasteiger partial charge in [-0.25, -0.2) is 0 Å². The summed E-state index contributed by atoms with van der Waals surface area (Å²) >= 11 is 0. The average molecular weight is 591 g/mol. The Hall–Kier alpha value is -2.22. The lowest BCUT2D eigenvalue weighted by molar-refractivity contribution is -0.160. The molecule has 0 heterocycles. The number of ether oxygens (including phenoxy) is 3. The first-order valence-corrected chi connectivity index (χ1v) is 12.6. The van der Waals surface area contributed by atoms with Crippen molar-refractivity contribution in [3.8, 4) is 0 Å². The fourth-order valence-electron chi connectivity index (χ4n) is 3.52. The fraction of sp³-hybridized carbons (Fsp3) is 0.875. The molecular formula is C24H35F9O6. The maximum atomic E-state index is 12.7. The second-order valence-corrected chi connectivity index (χ2v) is 9.04. The van der Waals surface area contributed by atoms with Crippen molar-refractivity contribution in [1.29, 1.82) is 0 Å². The minimum absolute atomic E-state index is 0.0919. The molecule has 2 atom stereocenters. The van der Waals surface area contributed by atoms with Crippen molar-refractivity contribution >= 4 is 17.9 Å². The van der Waals surface area contributed by atoms with Gasteiger partial charge in [0.25, 0.3) is 0 Å². The Morgan fingerprint density at radius 1 is 0.513 bits per heavy atom. The molecule has 0 saturated heterocycles. The zero-order chi connectivity index (χ0) is 30.3. The fourth-order valence-corrected chi connectivity index (χ4v) is 3.52. The summed E-state index contributed by atoms with van der Waals surface area (Å²) in [6, 6.07) is 0. The van der Waals surface area contributed by atoms with Crippen LogP contribution in [-0.2, 0) is 28.6 Å². The molecule has 39 heavy (non-hydrogen) atoms. The van der Waals surface area contributed by atoms with Crippen LogP contribution in [0.4, 0.5) is 39.5 Å². The molecule has 0 radical (unpaired) electrons. The van der Waals surface area contributed by atoms with Gasteiger partial charge < -0.3 is 14.2 Å². The third-order valence-electron chi connectivity index (χ3n) is 5.67. The van der Waals surface area contributed by atoms with E-state index in [0.29, 0.717) is 0 Å². The summed E-state index contributed by atoms with van der Waals surface area (Å²) in [5.74, 6) is -5.97. The van der Waals surface area contributed by atoms with Crippen LogP contribution in [0.1, 0.15) is 78.1 Å². The van der Waals surface area contributed by atoms with E-state index in [2.05, 4.69) is 0 Å². The van der Waals surface area contributed by atoms with Gasteiger partial charge in [-0.1, -0.05) is 13.8 Å². The highest BCUT2D eigenvalue weighted by Gasteiger charge is 2.34.